The number of hydrogen-bond acceptors (Lipinski definition) is 2. The Bertz CT molecular complexity index is 584. The highest BCUT2D eigenvalue weighted by Gasteiger charge is 2.05. The van der Waals surface area contributed by atoms with Crippen LogP contribution in [0.15, 0.2) is 60.7 Å². The van der Waals surface area contributed by atoms with E-state index in [-0.39, 0.29) is 5.91 Å². The third-order valence-electron chi connectivity index (χ3n) is 3.00. The third kappa shape index (κ3) is 5.75. The van der Waals surface area contributed by atoms with Gasteiger partial charge in [0.15, 0.2) is 5.11 Å². The number of benzene rings is 2. The summed E-state index contributed by atoms with van der Waals surface area (Å²) < 4.78 is 0. The highest BCUT2D eigenvalue weighted by molar-refractivity contribution is 7.80. The minimum absolute atomic E-state index is 0.0987. The van der Waals surface area contributed by atoms with Crippen molar-refractivity contribution in [2.45, 2.75) is 12.8 Å². The molecule has 0 aliphatic heterocycles. The van der Waals surface area contributed by atoms with Crippen LogP contribution in [-0.2, 0) is 17.6 Å². The number of nitrogens with one attached hydrogen (secondary N) is 2. The molecule has 0 saturated carbocycles. The lowest BCUT2D eigenvalue weighted by molar-refractivity contribution is -0.119. The topological polar surface area (TPSA) is 41.1 Å². The van der Waals surface area contributed by atoms with Gasteiger partial charge in [0.1, 0.15) is 0 Å². The summed E-state index contributed by atoms with van der Waals surface area (Å²) in [6, 6.07) is 19.7. The molecule has 0 heterocycles. The highest BCUT2D eigenvalue weighted by Crippen LogP contribution is 1.99. The number of thiocarbonyl (C=S) groups is 1. The van der Waals surface area contributed by atoms with Crippen molar-refractivity contribution in [3.63, 3.8) is 0 Å². The molecule has 0 bridgehead atoms. The molecule has 0 saturated heterocycles. The molecule has 0 fully saturated rings. The first-order chi connectivity index (χ1) is 10.2. The standard InChI is InChI=1S/C17H18N2OS/c20-16(13-15-9-5-2-6-10-15)19-17(21)18-12-11-14-7-3-1-4-8-14/h1-10H,11-13H2,(H2,18,19,20,21). The van der Waals surface area contributed by atoms with Gasteiger partial charge in [-0.25, -0.2) is 0 Å². The zero-order chi connectivity index (χ0) is 14.9. The van der Waals surface area contributed by atoms with Gasteiger partial charge in [0.25, 0.3) is 0 Å². The first-order valence-electron chi connectivity index (χ1n) is 6.89. The van der Waals surface area contributed by atoms with Crippen LogP contribution in [-0.4, -0.2) is 17.6 Å². The van der Waals surface area contributed by atoms with Crippen LogP contribution in [0.3, 0.4) is 0 Å². The van der Waals surface area contributed by atoms with Gasteiger partial charge < -0.3 is 10.6 Å². The van der Waals surface area contributed by atoms with Gasteiger partial charge in [0, 0.05) is 6.54 Å². The number of rotatable bonds is 5. The molecule has 0 atom stereocenters. The lowest BCUT2D eigenvalue weighted by atomic mass is 10.1. The molecule has 2 aromatic rings. The quantitative estimate of drug-likeness (QED) is 0.833. The number of hydrogen-bond donors (Lipinski definition) is 2. The van der Waals surface area contributed by atoms with Crippen molar-refractivity contribution in [3.05, 3.63) is 71.8 Å². The Morgan fingerprint density at radius 3 is 2.10 bits per heavy atom. The summed E-state index contributed by atoms with van der Waals surface area (Å²) in [5.74, 6) is -0.0987. The van der Waals surface area contributed by atoms with Crippen LogP contribution in [0.25, 0.3) is 0 Å². The third-order valence-corrected chi connectivity index (χ3v) is 3.25. The zero-order valence-electron chi connectivity index (χ0n) is 11.7. The first-order valence-corrected chi connectivity index (χ1v) is 7.30. The second-order valence-electron chi connectivity index (χ2n) is 4.70. The first kappa shape index (κ1) is 15.2. The van der Waals surface area contributed by atoms with Crippen LogP contribution in [0.1, 0.15) is 11.1 Å². The van der Waals surface area contributed by atoms with E-state index in [2.05, 4.69) is 22.8 Å². The molecule has 108 valence electrons. The van der Waals surface area contributed by atoms with Crippen LogP contribution in [0.2, 0.25) is 0 Å². The van der Waals surface area contributed by atoms with Gasteiger partial charge in [-0.05, 0) is 29.8 Å². The predicted octanol–water partition coefficient (Wildman–Crippen LogP) is 2.46. The summed E-state index contributed by atoms with van der Waals surface area (Å²) in [6.07, 6.45) is 1.21. The Labute approximate surface area is 130 Å². The summed E-state index contributed by atoms with van der Waals surface area (Å²) in [7, 11) is 0. The monoisotopic (exact) mass is 298 g/mol. The van der Waals surface area contributed by atoms with Crippen molar-refractivity contribution in [1.29, 1.82) is 0 Å². The van der Waals surface area contributed by atoms with E-state index in [0.717, 1.165) is 12.0 Å². The van der Waals surface area contributed by atoms with Crippen LogP contribution in [0.5, 0.6) is 0 Å². The van der Waals surface area contributed by atoms with Crippen LogP contribution in [0, 0.1) is 0 Å². The Kier molecular flexibility index (Phi) is 5.91. The van der Waals surface area contributed by atoms with Gasteiger partial charge in [-0.15, -0.1) is 0 Å². The normalized spacial score (nSPS) is 9.90. The average molecular weight is 298 g/mol. The van der Waals surface area contributed by atoms with Crippen LogP contribution in [0.4, 0.5) is 0 Å². The maximum Gasteiger partial charge on any atom is 0.230 e. The summed E-state index contributed by atoms with van der Waals surface area (Å²) in [4.78, 5) is 11.8. The molecule has 0 aliphatic rings. The van der Waals surface area contributed by atoms with Crippen molar-refractivity contribution in [2.24, 2.45) is 0 Å². The van der Waals surface area contributed by atoms with Crippen LogP contribution < -0.4 is 10.6 Å². The van der Waals surface area contributed by atoms with Crippen molar-refractivity contribution >= 4 is 23.2 Å². The van der Waals surface area contributed by atoms with Gasteiger partial charge in [-0.2, -0.15) is 0 Å². The second-order valence-corrected chi connectivity index (χ2v) is 5.11. The fourth-order valence-electron chi connectivity index (χ4n) is 1.96. The molecule has 2 rings (SSSR count). The summed E-state index contributed by atoms with van der Waals surface area (Å²) in [6.45, 7) is 0.703. The van der Waals surface area contributed by atoms with Crippen molar-refractivity contribution < 1.29 is 4.79 Å². The Morgan fingerprint density at radius 2 is 1.48 bits per heavy atom. The van der Waals surface area contributed by atoms with Gasteiger partial charge in [0.2, 0.25) is 5.91 Å². The van der Waals surface area contributed by atoms with Gasteiger partial charge in [0.05, 0.1) is 6.42 Å². The molecule has 3 nitrogen and oxygen atoms in total. The predicted molar refractivity (Wildman–Crippen MR) is 89.0 cm³/mol. The summed E-state index contributed by atoms with van der Waals surface area (Å²) >= 11 is 5.12. The molecule has 0 aromatic heterocycles. The van der Waals surface area contributed by atoms with Gasteiger partial charge >= 0.3 is 0 Å². The van der Waals surface area contributed by atoms with E-state index in [1.54, 1.807) is 0 Å². The van der Waals surface area contributed by atoms with E-state index in [1.807, 2.05) is 48.5 Å². The van der Waals surface area contributed by atoms with E-state index in [9.17, 15) is 4.79 Å². The molecule has 4 heteroatoms. The van der Waals surface area contributed by atoms with Gasteiger partial charge in [-0.1, -0.05) is 60.7 Å². The molecule has 0 unspecified atom stereocenters. The van der Waals surface area contributed by atoms with E-state index in [1.165, 1.54) is 5.56 Å². The van der Waals surface area contributed by atoms with E-state index in [0.29, 0.717) is 18.1 Å². The van der Waals surface area contributed by atoms with E-state index >= 15 is 0 Å². The maximum atomic E-state index is 11.8. The SMILES string of the molecule is O=C(Cc1ccccc1)NC(=S)NCCc1ccccc1. The molecule has 0 aliphatic carbocycles. The van der Waals surface area contributed by atoms with E-state index < -0.39 is 0 Å². The van der Waals surface area contributed by atoms with Crippen molar-refractivity contribution in [1.82, 2.24) is 10.6 Å². The fourth-order valence-corrected chi connectivity index (χ4v) is 2.18. The average Bonchev–Trinajstić information content (AvgIpc) is 2.49. The van der Waals surface area contributed by atoms with Crippen molar-refractivity contribution in [3.8, 4) is 0 Å². The Balaban J connectivity index is 1.68. The van der Waals surface area contributed by atoms with Crippen LogP contribution >= 0.6 is 12.2 Å². The zero-order valence-corrected chi connectivity index (χ0v) is 12.5. The summed E-state index contributed by atoms with van der Waals surface area (Å²) in [5.41, 5.74) is 2.21. The van der Waals surface area contributed by atoms with E-state index in [4.69, 9.17) is 12.2 Å². The maximum absolute atomic E-state index is 11.8. The molecular formula is C17H18N2OS. The summed E-state index contributed by atoms with van der Waals surface area (Å²) in [5, 5.41) is 6.12. The largest absolute Gasteiger partial charge is 0.362 e. The minimum atomic E-state index is -0.0987. The number of carbonyl (C=O) groups is 1. The molecule has 21 heavy (non-hydrogen) atoms. The smallest absolute Gasteiger partial charge is 0.230 e. The number of amides is 1. The molecule has 0 radical (unpaired) electrons. The highest BCUT2D eigenvalue weighted by atomic mass is 32.1. The van der Waals surface area contributed by atoms with Crippen molar-refractivity contribution in [2.75, 3.05) is 6.54 Å². The Morgan fingerprint density at radius 1 is 0.905 bits per heavy atom. The molecule has 2 aromatic carbocycles. The minimum Gasteiger partial charge on any atom is -0.362 e. The number of carbonyl (C=O) groups excluding carboxylic acids is 1. The molecule has 0 spiro atoms. The lowest BCUT2D eigenvalue weighted by Crippen LogP contribution is -2.40. The second kappa shape index (κ2) is 8.17. The fraction of sp³-hybridized carbons (Fsp3) is 0.176. The molecule has 1 amide bonds. The lowest BCUT2D eigenvalue weighted by Gasteiger charge is -2.09. The van der Waals surface area contributed by atoms with Gasteiger partial charge in [-0.3, -0.25) is 4.79 Å². The molecular weight excluding hydrogens is 280 g/mol. The molecule has 2 N–H and O–H groups in total. The Hall–Kier alpha value is -2.20.